The molecule has 28 heavy (non-hydrogen) atoms. The Morgan fingerprint density at radius 3 is 2.61 bits per heavy atom. The van der Waals surface area contributed by atoms with Gasteiger partial charge >= 0.3 is 0 Å². The Morgan fingerprint density at radius 2 is 1.89 bits per heavy atom. The topological polar surface area (TPSA) is 72.3 Å². The van der Waals surface area contributed by atoms with Crippen molar-refractivity contribution in [2.45, 2.75) is 11.7 Å². The number of methoxy groups -OCH3 is 1. The van der Waals surface area contributed by atoms with Gasteiger partial charge in [-0.25, -0.2) is 4.39 Å². The molecule has 1 amide bonds. The summed E-state index contributed by atoms with van der Waals surface area (Å²) < 4.78 is 20.2. The number of hydrogen-bond acceptors (Lipinski definition) is 6. The lowest BCUT2D eigenvalue weighted by atomic mass is 10.3. The van der Waals surface area contributed by atoms with Gasteiger partial charge in [-0.3, -0.25) is 9.36 Å². The summed E-state index contributed by atoms with van der Waals surface area (Å²) in [6, 6.07) is 13.4. The van der Waals surface area contributed by atoms with E-state index in [4.69, 9.17) is 4.74 Å². The molecule has 144 valence electrons. The molecule has 0 bridgehead atoms. The van der Waals surface area contributed by atoms with Crippen LogP contribution in [0.3, 0.4) is 0 Å². The molecule has 0 fully saturated rings. The fraction of sp³-hybridized carbons (Fsp3) is 0.211. The lowest BCUT2D eigenvalue weighted by molar-refractivity contribution is -0.113. The van der Waals surface area contributed by atoms with Gasteiger partial charge in [0.15, 0.2) is 5.16 Å². The minimum absolute atomic E-state index is 0.124. The zero-order valence-electron chi connectivity index (χ0n) is 15.1. The van der Waals surface area contributed by atoms with Gasteiger partial charge in [0, 0.05) is 24.5 Å². The number of amides is 1. The van der Waals surface area contributed by atoms with Crippen LogP contribution in [0.4, 0.5) is 21.7 Å². The molecule has 1 N–H and O–H groups in total. The molecule has 0 radical (unpaired) electrons. The third-order valence-corrected chi connectivity index (χ3v) is 5.30. The van der Waals surface area contributed by atoms with Gasteiger partial charge in [0.1, 0.15) is 11.6 Å². The van der Waals surface area contributed by atoms with Crippen molar-refractivity contribution >= 4 is 35.0 Å². The van der Waals surface area contributed by atoms with Gasteiger partial charge in [0.2, 0.25) is 11.9 Å². The minimum atomic E-state index is -0.275. The van der Waals surface area contributed by atoms with Crippen molar-refractivity contribution < 1.29 is 13.9 Å². The van der Waals surface area contributed by atoms with E-state index in [0.29, 0.717) is 23.3 Å². The molecule has 0 atom stereocenters. The number of aromatic nitrogens is 3. The smallest absolute Gasteiger partial charge is 0.234 e. The average Bonchev–Trinajstić information content (AvgIpc) is 3.30. The summed E-state index contributed by atoms with van der Waals surface area (Å²) >= 11 is 1.33. The number of halogens is 1. The highest BCUT2D eigenvalue weighted by atomic mass is 32.2. The first-order valence-corrected chi connectivity index (χ1v) is 9.65. The summed E-state index contributed by atoms with van der Waals surface area (Å²) in [6.07, 6.45) is 0. The Balaban J connectivity index is 1.38. The van der Waals surface area contributed by atoms with Gasteiger partial charge in [-0.05, 0) is 48.5 Å². The fourth-order valence-corrected chi connectivity index (χ4v) is 3.71. The fourth-order valence-electron chi connectivity index (χ4n) is 2.95. The zero-order chi connectivity index (χ0) is 19.5. The average molecular weight is 399 g/mol. The molecule has 0 spiro atoms. The predicted molar refractivity (Wildman–Crippen MR) is 106 cm³/mol. The number of rotatable bonds is 6. The predicted octanol–water partition coefficient (Wildman–Crippen LogP) is 3.31. The van der Waals surface area contributed by atoms with Gasteiger partial charge in [-0.1, -0.05) is 11.8 Å². The van der Waals surface area contributed by atoms with Crippen LogP contribution in [-0.2, 0) is 11.3 Å². The molecule has 2 heterocycles. The number of benzene rings is 2. The Hall–Kier alpha value is -3.07. The molecule has 3 aromatic rings. The second-order valence-electron chi connectivity index (χ2n) is 6.13. The van der Waals surface area contributed by atoms with Crippen LogP contribution in [0.25, 0.3) is 0 Å². The van der Waals surface area contributed by atoms with Gasteiger partial charge < -0.3 is 15.0 Å². The van der Waals surface area contributed by atoms with Crippen LogP contribution in [0.15, 0.2) is 53.7 Å². The Labute approximate surface area is 165 Å². The molecule has 9 heteroatoms. The van der Waals surface area contributed by atoms with Gasteiger partial charge in [-0.2, -0.15) is 0 Å². The van der Waals surface area contributed by atoms with Crippen LogP contribution >= 0.6 is 11.8 Å². The van der Waals surface area contributed by atoms with Crippen molar-refractivity contribution in [1.82, 2.24) is 14.8 Å². The van der Waals surface area contributed by atoms with E-state index in [1.54, 1.807) is 43.5 Å². The number of nitrogens with zero attached hydrogens (tertiary/aromatic N) is 4. The largest absolute Gasteiger partial charge is 0.497 e. The van der Waals surface area contributed by atoms with E-state index in [1.165, 1.54) is 23.9 Å². The number of carbonyl (C=O) groups excluding carboxylic acids is 1. The van der Waals surface area contributed by atoms with Crippen molar-refractivity contribution in [2.24, 2.45) is 0 Å². The van der Waals surface area contributed by atoms with E-state index in [1.807, 2.05) is 9.47 Å². The number of carbonyl (C=O) groups is 1. The maximum absolute atomic E-state index is 13.1. The number of thioether (sulfide) groups is 1. The summed E-state index contributed by atoms with van der Waals surface area (Å²) in [5.41, 5.74) is 1.57. The molecule has 0 aliphatic carbocycles. The maximum Gasteiger partial charge on any atom is 0.234 e. The SMILES string of the molecule is COc1ccc(NC(=O)CSc2nnc3n2CCN3c2ccc(F)cc2)cc1. The standard InChI is InChI=1S/C19H18FN5O2S/c1-27-16-8-4-14(5-9-16)21-17(26)12-28-19-23-22-18-24(10-11-25(18)19)15-6-2-13(20)3-7-15/h2-9H,10-12H2,1H3,(H,21,26). The number of hydrogen-bond donors (Lipinski definition) is 1. The number of ether oxygens (including phenoxy) is 1. The van der Waals surface area contributed by atoms with Crippen LogP contribution in [0.1, 0.15) is 0 Å². The van der Waals surface area contributed by atoms with Crippen LogP contribution in [0.2, 0.25) is 0 Å². The number of anilines is 3. The minimum Gasteiger partial charge on any atom is -0.497 e. The molecule has 4 rings (SSSR count). The monoisotopic (exact) mass is 399 g/mol. The summed E-state index contributed by atoms with van der Waals surface area (Å²) in [7, 11) is 1.60. The first-order chi connectivity index (χ1) is 13.6. The van der Waals surface area contributed by atoms with Gasteiger partial charge in [0.25, 0.3) is 0 Å². The van der Waals surface area contributed by atoms with E-state index >= 15 is 0 Å². The first-order valence-electron chi connectivity index (χ1n) is 8.67. The molecule has 1 aliphatic rings. The summed E-state index contributed by atoms with van der Waals surface area (Å²) in [5, 5.41) is 12.0. The van der Waals surface area contributed by atoms with Crippen molar-refractivity contribution in [2.75, 3.05) is 29.6 Å². The van der Waals surface area contributed by atoms with Crippen molar-refractivity contribution in [3.05, 3.63) is 54.3 Å². The molecular formula is C19H18FN5O2S. The highest BCUT2D eigenvalue weighted by Gasteiger charge is 2.26. The van der Waals surface area contributed by atoms with E-state index in [-0.39, 0.29) is 17.5 Å². The van der Waals surface area contributed by atoms with Crippen LogP contribution in [0, 0.1) is 5.82 Å². The van der Waals surface area contributed by atoms with Crippen molar-refractivity contribution in [3.8, 4) is 5.75 Å². The highest BCUT2D eigenvalue weighted by molar-refractivity contribution is 7.99. The number of fused-ring (bicyclic) bond motifs is 1. The maximum atomic E-state index is 13.1. The molecule has 0 unspecified atom stereocenters. The molecule has 1 aliphatic heterocycles. The van der Waals surface area contributed by atoms with Gasteiger partial charge in [-0.15, -0.1) is 10.2 Å². The van der Waals surface area contributed by atoms with E-state index in [0.717, 1.165) is 18.0 Å². The lowest BCUT2D eigenvalue weighted by Crippen LogP contribution is -2.14. The van der Waals surface area contributed by atoms with Crippen LogP contribution in [-0.4, -0.2) is 40.1 Å². The van der Waals surface area contributed by atoms with Crippen molar-refractivity contribution in [3.63, 3.8) is 0 Å². The van der Waals surface area contributed by atoms with E-state index in [9.17, 15) is 9.18 Å². The quantitative estimate of drug-likeness (QED) is 0.641. The molecule has 1 aromatic heterocycles. The Kier molecular flexibility index (Phi) is 5.16. The van der Waals surface area contributed by atoms with Crippen molar-refractivity contribution in [1.29, 1.82) is 0 Å². The Morgan fingerprint density at radius 1 is 1.14 bits per heavy atom. The Bertz CT molecular complexity index is 975. The molecule has 0 saturated carbocycles. The molecule has 2 aromatic carbocycles. The lowest BCUT2D eigenvalue weighted by Gasteiger charge is -2.14. The van der Waals surface area contributed by atoms with Crippen LogP contribution in [0.5, 0.6) is 5.75 Å². The van der Waals surface area contributed by atoms with E-state index in [2.05, 4.69) is 15.5 Å². The van der Waals surface area contributed by atoms with Crippen LogP contribution < -0.4 is 15.0 Å². The second kappa shape index (κ2) is 7.89. The molecule has 7 nitrogen and oxygen atoms in total. The summed E-state index contributed by atoms with van der Waals surface area (Å²) in [5.74, 6) is 1.26. The first kappa shape index (κ1) is 18.3. The van der Waals surface area contributed by atoms with Gasteiger partial charge in [0.05, 0.1) is 12.9 Å². The number of nitrogens with one attached hydrogen (secondary N) is 1. The normalized spacial score (nSPS) is 12.7. The third-order valence-electron chi connectivity index (χ3n) is 4.33. The zero-order valence-corrected chi connectivity index (χ0v) is 15.9. The summed E-state index contributed by atoms with van der Waals surface area (Å²) in [6.45, 7) is 1.43. The highest BCUT2D eigenvalue weighted by Crippen LogP contribution is 2.32. The summed E-state index contributed by atoms with van der Waals surface area (Å²) in [4.78, 5) is 14.2. The second-order valence-corrected chi connectivity index (χ2v) is 7.07. The van der Waals surface area contributed by atoms with E-state index < -0.39 is 0 Å². The molecule has 0 saturated heterocycles. The third kappa shape index (κ3) is 3.79. The molecular weight excluding hydrogens is 381 g/mol.